The molecule has 0 bridgehead atoms. The van der Waals surface area contributed by atoms with Crippen molar-refractivity contribution in [2.24, 2.45) is 0 Å². The van der Waals surface area contributed by atoms with E-state index in [1.807, 2.05) is 36.4 Å². The molecule has 4 nitrogen and oxygen atoms in total. The number of aromatic nitrogens is 1. The molecule has 0 aliphatic heterocycles. The average Bonchev–Trinajstić information content (AvgIpc) is 3.11. The van der Waals surface area contributed by atoms with Crippen LogP contribution >= 0.6 is 11.3 Å². The number of hydrogen-bond acceptors (Lipinski definition) is 4. The van der Waals surface area contributed by atoms with Crippen LogP contribution in [0.3, 0.4) is 0 Å². The van der Waals surface area contributed by atoms with Gasteiger partial charge >= 0.3 is 0 Å². The van der Waals surface area contributed by atoms with Crippen LogP contribution in [-0.2, 0) is 4.79 Å². The monoisotopic (exact) mass is 359 g/mol. The molecule has 1 heterocycles. The van der Waals surface area contributed by atoms with Gasteiger partial charge in [0.2, 0.25) is 5.91 Å². The van der Waals surface area contributed by atoms with Gasteiger partial charge in [0.15, 0.2) is 5.13 Å². The van der Waals surface area contributed by atoms with E-state index in [2.05, 4.69) is 46.3 Å². The van der Waals surface area contributed by atoms with Crippen molar-refractivity contribution in [3.63, 3.8) is 0 Å². The van der Waals surface area contributed by atoms with Crippen LogP contribution in [0.5, 0.6) is 0 Å². The Morgan fingerprint density at radius 1 is 0.923 bits per heavy atom. The van der Waals surface area contributed by atoms with E-state index in [0.29, 0.717) is 0 Å². The van der Waals surface area contributed by atoms with Crippen LogP contribution in [0.15, 0.2) is 72.1 Å². The minimum absolute atomic E-state index is 0.0781. The Morgan fingerprint density at radius 3 is 2.42 bits per heavy atom. The number of hydrogen-bond donors (Lipinski definition) is 2. The van der Waals surface area contributed by atoms with E-state index in [0.717, 1.165) is 27.8 Å². The van der Waals surface area contributed by atoms with Gasteiger partial charge in [-0.1, -0.05) is 36.4 Å². The highest BCUT2D eigenvalue weighted by molar-refractivity contribution is 7.14. The Labute approximate surface area is 155 Å². The van der Waals surface area contributed by atoms with Crippen molar-refractivity contribution in [3.8, 4) is 11.3 Å². The SMILES string of the molecule is CC(=O)Nc1ccc(Nc2nc(-c3ccc4ccccc4c3)cs2)cc1. The maximum absolute atomic E-state index is 11.1. The van der Waals surface area contributed by atoms with Crippen LogP contribution < -0.4 is 10.6 Å². The molecule has 128 valence electrons. The first kappa shape index (κ1) is 16.3. The highest BCUT2D eigenvalue weighted by Crippen LogP contribution is 2.29. The first-order chi connectivity index (χ1) is 12.7. The van der Waals surface area contributed by atoms with Gasteiger partial charge in [-0.3, -0.25) is 4.79 Å². The lowest BCUT2D eigenvalue weighted by Gasteiger charge is -2.05. The highest BCUT2D eigenvalue weighted by atomic mass is 32.1. The molecule has 3 aromatic carbocycles. The van der Waals surface area contributed by atoms with Gasteiger partial charge in [-0.2, -0.15) is 0 Å². The predicted octanol–water partition coefficient (Wildman–Crippen LogP) is 5.67. The maximum Gasteiger partial charge on any atom is 0.221 e. The maximum atomic E-state index is 11.1. The molecule has 26 heavy (non-hydrogen) atoms. The van der Waals surface area contributed by atoms with E-state index in [4.69, 9.17) is 4.98 Å². The largest absolute Gasteiger partial charge is 0.332 e. The summed E-state index contributed by atoms with van der Waals surface area (Å²) in [5.74, 6) is -0.0781. The Kier molecular flexibility index (Phi) is 4.37. The quantitative estimate of drug-likeness (QED) is 0.494. The van der Waals surface area contributed by atoms with Gasteiger partial charge in [0.1, 0.15) is 0 Å². The third kappa shape index (κ3) is 3.58. The lowest BCUT2D eigenvalue weighted by molar-refractivity contribution is -0.114. The number of anilines is 3. The first-order valence-corrected chi connectivity index (χ1v) is 9.15. The summed E-state index contributed by atoms with van der Waals surface area (Å²) in [6, 6.07) is 22.3. The Morgan fingerprint density at radius 2 is 1.65 bits per heavy atom. The second-order valence-electron chi connectivity index (χ2n) is 5.98. The number of rotatable bonds is 4. The molecule has 1 amide bonds. The number of nitrogens with one attached hydrogen (secondary N) is 2. The van der Waals surface area contributed by atoms with Gasteiger partial charge in [0.25, 0.3) is 0 Å². The molecule has 0 saturated carbocycles. The number of amides is 1. The Hall–Kier alpha value is -3.18. The Bertz CT molecular complexity index is 1070. The molecule has 0 aliphatic rings. The number of benzene rings is 3. The molecule has 4 rings (SSSR count). The predicted molar refractivity (Wildman–Crippen MR) is 109 cm³/mol. The summed E-state index contributed by atoms with van der Waals surface area (Å²) in [4.78, 5) is 15.8. The molecule has 5 heteroatoms. The number of carbonyl (C=O) groups is 1. The van der Waals surface area contributed by atoms with Crippen molar-refractivity contribution >= 4 is 44.5 Å². The topological polar surface area (TPSA) is 54.0 Å². The second-order valence-corrected chi connectivity index (χ2v) is 6.84. The van der Waals surface area contributed by atoms with Crippen molar-refractivity contribution in [1.29, 1.82) is 0 Å². The summed E-state index contributed by atoms with van der Waals surface area (Å²) in [5.41, 5.74) is 3.77. The summed E-state index contributed by atoms with van der Waals surface area (Å²) in [6.45, 7) is 1.50. The minimum atomic E-state index is -0.0781. The van der Waals surface area contributed by atoms with E-state index in [1.165, 1.54) is 17.7 Å². The molecule has 0 atom stereocenters. The lowest BCUT2D eigenvalue weighted by Crippen LogP contribution is -2.05. The summed E-state index contributed by atoms with van der Waals surface area (Å²) in [5, 5.41) is 11.4. The number of carbonyl (C=O) groups excluding carboxylic acids is 1. The van der Waals surface area contributed by atoms with Gasteiger partial charge in [0.05, 0.1) is 5.69 Å². The second kappa shape index (κ2) is 6.98. The third-order valence-electron chi connectivity index (χ3n) is 4.01. The van der Waals surface area contributed by atoms with E-state index in [9.17, 15) is 4.79 Å². The molecule has 2 N–H and O–H groups in total. The molecular formula is C21H17N3OS. The van der Waals surface area contributed by atoms with Crippen molar-refractivity contribution in [1.82, 2.24) is 4.98 Å². The van der Waals surface area contributed by atoms with Crippen molar-refractivity contribution in [2.75, 3.05) is 10.6 Å². The summed E-state index contributed by atoms with van der Waals surface area (Å²) < 4.78 is 0. The van der Waals surface area contributed by atoms with Crippen LogP contribution in [0, 0.1) is 0 Å². The molecule has 0 saturated heterocycles. The van der Waals surface area contributed by atoms with Gasteiger partial charge in [0, 0.05) is 29.2 Å². The normalized spacial score (nSPS) is 10.7. The van der Waals surface area contributed by atoms with Crippen LogP contribution in [0.1, 0.15) is 6.92 Å². The average molecular weight is 359 g/mol. The van der Waals surface area contributed by atoms with Crippen LogP contribution in [0.4, 0.5) is 16.5 Å². The third-order valence-corrected chi connectivity index (χ3v) is 4.76. The van der Waals surface area contributed by atoms with Crippen LogP contribution in [-0.4, -0.2) is 10.9 Å². The summed E-state index contributed by atoms with van der Waals surface area (Å²) >= 11 is 1.57. The summed E-state index contributed by atoms with van der Waals surface area (Å²) in [6.07, 6.45) is 0. The van der Waals surface area contributed by atoms with Crippen molar-refractivity contribution in [2.45, 2.75) is 6.92 Å². The first-order valence-electron chi connectivity index (χ1n) is 8.27. The number of thiazole rings is 1. The molecule has 0 unspecified atom stereocenters. The van der Waals surface area contributed by atoms with E-state index < -0.39 is 0 Å². The fraction of sp³-hybridized carbons (Fsp3) is 0.0476. The zero-order valence-electron chi connectivity index (χ0n) is 14.2. The molecule has 0 fully saturated rings. The highest BCUT2D eigenvalue weighted by Gasteiger charge is 2.06. The zero-order valence-corrected chi connectivity index (χ0v) is 15.0. The fourth-order valence-corrected chi connectivity index (χ4v) is 3.52. The molecule has 4 aromatic rings. The zero-order chi connectivity index (χ0) is 17.9. The van der Waals surface area contributed by atoms with Gasteiger partial charge in [-0.25, -0.2) is 4.98 Å². The molecule has 0 spiro atoms. The Balaban J connectivity index is 1.52. The molecule has 0 aliphatic carbocycles. The number of nitrogens with zero attached hydrogens (tertiary/aromatic N) is 1. The summed E-state index contributed by atoms with van der Waals surface area (Å²) in [7, 11) is 0. The fourth-order valence-electron chi connectivity index (χ4n) is 2.78. The van der Waals surface area contributed by atoms with E-state index >= 15 is 0 Å². The van der Waals surface area contributed by atoms with Crippen LogP contribution in [0.25, 0.3) is 22.0 Å². The molecule has 0 radical (unpaired) electrons. The number of fused-ring (bicyclic) bond motifs is 1. The molecule has 1 aromatic heterocycles. The van der Waals surface area contributed by atoms with E-state index in [-0.39, 0.29) is 5.91 Å². The van der Waals surface area contributed by atoms with Gasteiger partial charge in [-0.05, 0) is 41.1 Å². The van der Waals surface area contributed by atoms with Gasteiger partial charge in [-0.15, -0.1) is 11.3 Å². The van der Waals surface area contributed by atoms with E-state index in [1.54, 1.807) is 11.3 Å². The van der Waals surface area contributed by atoms with Crippen LogP contribution in [0.2, 0.25) is 0 Å². The minimum Gasteiger partial charge on any atom is -0.332 e. The smallest absolute Gasteiger partial charge is 0.221 e. The standard InChI is InChI=1S/C21H17N3OS/c1-14(25)22-18-8-10-19(11-9-18)23-21-24-20(13-26-21)17-7-6-15-4-2-3-5-16(15)12-17/h2-13H,1H3,(H,22,25)(H,23,24). The lowest BCUT2D eigenvalue weighted by atomic mass is 10.1. The van der Waals surface area contributed by atoms with Crippen molar-refractivity contribution < 1.29 is 4.79 Å². The van der Waals surface area contributed by atoms with Crippen molar-refractivity contribution in [3.05, 3.63) is 72.1 Å². The molecular weight excluding hydrogens is 342 g/mol. The van der Waals surface area contributed by atoms with Gasteiger partial charge < -0.3 is 10.6 Å².